The Hall–Kier alpha value is -1.94. The van der Waals surface area contributed by atoms with Crippen LogP contribution in [0.5, 0.6) is 0 Å². The lowest BCUT2D eigenvalue weighted by Gasteiger charge is -2.21. The van der Waals surface area contributed by atoms with Crippen LogP contribution in [-0.4, -0.2) is 96.7 Å². The van der Waals surface area contributed by atoms with Crippen LogP contribution >= 0.6 is 15.6 Å². The minimum Gasteiger partial charge on any atom is -0.462 e. The second kappa shape index (κ2) is 64.1. The Morgan fingerprint density at radius 1 is 0.297 bits per heavy atom. The number of ether oxygens (including phenoxy) is 4. The molecule has 0 rings (SSSR count). The molecular weight excluding hydrogens is 1200 g/mol. The number of unbranched alkanes of at least 4 members (excludes halogenated alkanes) is 41. The maximum atomic E-state index is 13.1. The third-order valence-electron chi connectivity index (χ3n) is 16.7. The molecule has 0 fully saturated rings. The highest BCUT2D eigenvalue weighted by atomic mass is 31.2. The van der Waals surface area contributed by atoms with E-state index in [9.17, 15) is 43.2 Å². The number of esters is 4. The largest absolute Gasteiger partial charge is 0.472 e. The molecular formula is C72H140O17P2. The van der Waals surface area contributed by atoms with Crippen molar-refractivity contribution in [2.45, 2.75) is 387 Å². The third-order valence-corrected chi connectivity index (χ3v) is 18.6. The van der Waals surface area contributed by atoms with Crippen molar-refractivity contribution in [2.75, 3.05) is 39.6 Å². The van der Waals surface area contributed by atoms with Crippen LogP contribution in [0.4, 0.5) is 0 Å². The van der Waals surface area contributed by atoms with Crippen LogP contribution in [0.15, 0.2) is 0 Å². The lowest BCUT2D eigenvalue weighted by molar-refractivity contribution is -0.161. The highest BCUT2D eigenvalue weighted by molar-refractivity contribution is 7.47. The smallest absolute Gasteiger partial charge is 0.462 e. The number of phosphoric acid groups is 2. The van der Waals surface area contributed by atoms with Gasteiger partial charge in [-0.3, -0.25) is 37.3 Å². The normalized spacial score (nSPS) is 14.1. The van der Waals surface area contributed by atoms with E-state index in [0.29, 0.717) is 31.6 Å². The summed E-state index contributed by atoms with van der Waals surface area (Å²) in [6.45, 7) is 9.38. The van der Waals surface area contributed by atoms with E-state index >= 15 is 0 Å². The van der Waals surface area contributed by atoms with Gasteiger partial charge in [-0.2, -0.15) is 0 Å². The van der Waals surface area contributed by atoms with Gasteiger partial charge in [0.05, 0.1) is 26.4 Å². The maximum Gasteiger partial charge on any atom is 0.472 e. The third kappa shape index (κ3) is 66.5. The SMILES string of the molecule is CCCCCCCCCCCCCCCCCCCCCCCCC(=O)O[C@H](COC(=O)CCCCCCCCCCCCCCC(C)C)COP(=O)(O)OC[C@@H](O)COP(=O)(O)OC[C@@H](COC(=O)CCCCCCC)OC(=O)CCCCCCCCC(C)C. The molecule has 0 radical (unpaired) electrons. The molecule has 0 aliphatic carbocycles. The summed E-state index contributed by atoms with van der Waals surface area (Å²) in [7, 11) is -9.89. The molecule has 0 saturated heterocycles. The zero-order chi connectivity index (χ0) is 67.2. The topological polar surface area (TPSA) is 237 Å². The van der Waals surface area contributed by atoms with E-state index < -0.39 is 97.5 Å². The molecule has 0 aliphatic heterocycles. The second-order valence-corrected chi connectivity index (χ2v) is 29.8. The monoisotopic (exact) mass is 1340 g/mol. The van der Waals surface area contributed by atoms with Crippen LogP contribution in [-0.2, 0) is 65.4 Å². The summed E-state index contributed by atoms with van der Waals surface area (Å²) < 4.78 is 68.0. The predicted octanol–water partition coefficient (Wildman–Crippen LogP) is 20.8. The van der Waals surface area contributed by atoms with Crippen LogP contribution in [0.25, 0.3) is 0 Å². The molecule has 19 heteroatoms. The van der Waals surface area contributed by atoms with Gasteiger partial charge in [-0.05, 0) is 37.5 Å². The first-order valence-corrected chi connectivity index (χ1v) is 40.5. The van der Waals surface area contributed by atoms with Crippen LogP contribution in [0.2, 0.25) is 0 Å². The molecule has 0 bridgehead atoms. The van der Waals surface area contributed by atoms with Crippen LogP contribution < -0.4 is 0 Å². The number of carbonyl (C=O) groups is 4. The number of rotatable bonds is 71. The van der Waals surface area contributed by atoms with E-state index in [0.717, 1.165) is 102 Å². The number of aliphatic hydroxyl groups is 1. The van der Waals surface area contributed by atoms with Crippen molar-refractivity contribution in [3.05, 3.63) is 0 Å². The summed E-state index contributed by atoms with van der Waals surface area (Å²) in [5, 5.41) is 10.6. The van der Waals surface area contributed by atoms with Crippen molar-refractivity contribution in [3.8, 4) is 0 Å². The molecule has 0 saturated carbocycles. The molecule has 3 N–H and O–H groups in total. The van der Waals surface area contributed by atoms with E-state index in [2.05, 4.69) is 41.5 Å². The minimum atomic E-state index is -4.95. The Balaban J connectivity index is 5.09. The summed E-state index contributed by atoms with van der Waals surface area (Å²) in [6, 6.07) is 0. The standard InChI is InChI=1S/C72H140O17P2/c1-7-9-11-13-14-15-16-17-18-19-20-21-22-23-24-25-26-31-34-37-44-50-56-71(76)88-68(61-83-70(75)55-49-43-36-33-30-28-27-29-32-35-41-46-52-64(3)4)63-87-91(80,81)85-59-66(73)58-84-90(78,79)86-62-67(60-82-69(74)54-48-40-12-10-8-2)89-72(77)57-51-45-39-38-42-47-53-65(5)6/h64-68,73H,7-63H2,1-6H3,(H,78,79)(H,80,81)/t66-,67+,68+/m0/s1. The zero-order valence-corrected chi connectivity index (χ0v) is 60.9. The van der Waals surface area contributed by atoms with Crippen molar-refractivity contribution < 1.29 is 80.2 Å². The number of phosphoric ester groups is 2. The molecule has 17 nitrogen and oxygen atoms in total. The van der Waals surface area contributed by atoms with E-state index in [1.54, 1.807) is 0 Å². The van der Waals surface area contributed by atoms with Gasteiger partial charge in [-0.25, -0.2) is 9.13 Å². The lowest BCUT2D eigenvalue weighted by Crippen LogP contribution is -2.30. The Bertz CT molecular complexity index is 1770. The molecule has 5 atom stereocenters. The van der Waals surface area contributed by atoms with Gasteiger partial charge in [0.25, 0.3) is 0 Å². The van der Waals surface area contributed by atoms with Gasteiger partial charge in [0.2, 0.25) is 0 Å². The second-order valence-electron chi connectivity index (χ2n) is 26.9. The van der Waals surface area contributed by atoms with Crippen LogP contribution in [0, 0.1) is 11.8 Å². The van der Waals surface area contributed by atoms with Gasteiger partial charge >= 0.3 is 39.5 Å². The summed E-state index contributed by atoms with van der Waals surface area (Å²) in [6.07, 6.45) is 50.8. The molecule has 0 spiro atoms. The van der Waals surface area contributed by atoms with Crippen molar-refractivity contribution in [2.24, 2.45) is 11.8 Å². The fourth-order valence-corrected chi connectivity index (χ4v) is 12.5. The fourth-order valence-electron chi connectivity index (χ4n) is 10.9. The molecule has 0 amide bonds. The minimum absolute atomic E-state index is 0.101. The van der Waals surface area contributed by atoms with Gasteiger partial charge in [0.1, 0.15) is 19.3 Å². The van der Waals surface area contributed by atoms with Crippen LogP contribution in [0.1, 0.15) is 369 Å². The average Bonchev–Trinajstić information content (AvgIpc) is 3.31. The molecule has 91 heavy (non-hydrogen) atoms. The molecule has 0 aromatic heterocycles. The average molecular weight is 1340 g/mol. The fraction of sp³-hybridized carbons (Fsp3) is 0.944. The summed E-state index contributed by atoms with van der Waals surface area (Å²) in [5.41, 5.74) is 0. The molecule has 0 aliphatic rings. The van der Waals surface area contributed by atoms with Gasteiger partial charge in [-0.1, -0.05) is 318 Å². The van der Waals surface area contributed by atoms with E-state index in [1.165, 1.54) is 180 Å². The number of carbonyl (C=O) groups excluding carboxylic acids is 4. The van der Waals surface area contributed by atoms with Gasteiger partial charge in [0.15, 0.2) is 12.2 Å². The van der Waals surface area contributed by atoms with Gasteiger partial charge in [0, 0.05) is 25.7 Å². The highest BCUT2D eigenvalue weighted by Gasteiger charge is 2.30. The Morgan fingerprint density at radius 2 is 0.505 bits per heavy atom. The van der Waals surface area contributed by atoms with Crippen molar-refractivity contribution >= 4 is 39.5 Å². The van der Waals surface area contributed by atoms with E-state index in [1.807, 2.05) is 0 Å². The first kappa shape index (κ1) is 89.1. The number of hydrogen-bond acceptors (Lipinski definition) is 15. The summed E-state index contributed by atoms with van der Waals surface area (Å²) >= 11 is 0. The lowest BCUT2D eigenvalue weighted by atomic mass is 10.0. The van der Waals surface area contributed by atoms with E-state index in [4.69, 9.17) is 37.0 Å². The van der Waals surface area contributed by atoms with Gasteiger partial charge in [-0.15, -0.1) is 0 Å². The Morgan fingerprint density at radius 3 is 0.747 bits per heavy atom. The first-order valence-electron chi connectivity index (χ1n) is 37.5. The van der Waals surface area contributed by atoms with Crippen molar-refractivity contribution in [3.63, 3.8) is 0 Å². The predicted molar refractivity (Wildman–Crippen MR) is 368 cm³/mol. The maximum absolute atomic E-state index is 13.1. The Labute approximate surface area is 556 Å². The zero-order valence-electron chi connectivity index (χ0n) is 59.1. The number of hydrogen-bond donors (Lipinski definition) is 3. The summed E-state index contributed by atoms with van der Waals surface area (Å²) in [5.74, 6) is -0.688. The summed E-state index contributed by atoms with van der Waals surface area (Å²) in [4.78, 5) is 72.2. The number of aliphatic hydroxyl groups excluding tert-OH is 1. The van der Waals surface area contributed by atoms with Crippen LogP contribution in [0.3, 0.4) is 0 Å². The molecule has 0 heterocycles. The van der Waals surface area contributed by atoms with E-state index in [-0.39, 0.29) is 25.7 Å². The Kier molecular flexibility index (Phi) is 62.7. The molecule has 0 aromatic carbocycles. The first-order chi connectivity index (χ1) is 43.9. The molecule has 540 valence electrons. The highest BCUT2D eigenvalue weighted by Crippen LogP contribution is 2.45. The van der Waals surface area contributed by atoms with Crippen molar-refractivity contribution in [1.29, 1.82) is 0 Å². The van der Waals surface area contributed by atoms with Crippen molar-refractivity contribution in [1.82, 2.24) is 0 Å². The molecule has 0 aromatic rings. The van der Waals surface area contributed by atoms with Gasteiger partial charge < -0.3 is 33.8 Å². The molecule has 2 unspecified atom stereocenters. The quantitative estimate of drug-likeness (QED) is 0.0222.